The van der Waals surface area contributed by atoms with E-state index in [1.807, 2.05) is 31.2 Å². The van der Waals surface area contributed by atoms with Crippen molar-refractivity contribution in [3.63, 3.8) is 0 Å². The van der Waals surface area contributed by atoms with Gasteiger partial charge in [-0.25, -0.2) is 4.39 Å². The molecule has 2 aromatic carbocycles. The van der Waals surface area contributed by atoms with Gasteiger partial charge >= 0.3 is 0 Å². The van der Waals surface area contributed by atoms with Gasteiger partial charge in [0, 0.05) is 22.9 Å². The minimum absolute atomic E-state index is 0.155. The Hall–Kier alpha value is -1.43. The van der Waals surface area contributed by atoms with E-state index in [0.717, 1.165) is 48.4 Å². The van der Waals surface area contributed by atoms with E-state index in [2.05, 4.69) is 39.4 Å². The first-order valence-electron chi connectivity index (χ1n) is 7.90. The number of rotatable bonds is 3. The fraction of sp³-hybridized carbons (Fsp3) is 0.316. The minimum Gasteiger partial charge on any atom is -0.369 e. The zero-order chi connectivity index (χ0) is 16.4. The van der Waals surface area contributed by atoms with Gasteiger partial charge in [0.1, 0.15) is 5.82 Å². The molecule has 0 bridgehead atoms. The molecule has 4 heteroatoms. The number of hydrogen-bond acceptors (Lipinski definition) is 2. The molecule has 0 saturated carbocycles. The number of aliphatic imine (C=N–C) groups is 1. The number of benzene rings is 2. The molecular weight excluding hydrogens is 402 g/mol. The highest BCUT2D eigenvalue weighted by Crippen LogP contribution is 2.27. The average Bonchev–Trinajstić information content (AvgIpc) is 3.05. The van der Waals surface area contributed by atoms with Crippen LogP contribution in [-0.4, -0.2) is 19.3 Å². The van der Waals surface area contributed by atoms with E-state index in [1.54, 1.807) is 12.3 Å². The molecule has 0 N–H and O–H groups in total. The van der Waals surface area contributed by atoms with Gasteiger partial charge in [0.25, 0.3) is 0 Å². The van der Waals surface area contributed by atoms with E-state index in [0.29, 0.717) is 0 Å². The van der Waals surface area contributed by atoms with E-state index in [9.17, 15) is 4.39 Å². The molecule has 0 atom stereocenters. The summed E-state index contributed by atoms with van der Waals surface area (Å²) < 4.78 is 15.6. The number of hydrogen-bond donors (Lipinski definition) is 0. The van der Waals surface area contributed by atoms with Crippen LogP contribution in [0.2, 0.25) is 0 Å². The number of aryl methyl sites for hydroxylation is 2. The van der Waals surface area contributed by atoms with E-state index < -0.39 is 0 Å². The molecule has 0 aromatic heterocycles. The Bertz CT molecular complexity index is 749. The first kappa shape index (κ1) is 16.4. The molecule has 1 aliphatic heterocycles. The fourth-order valence-electron chi connectivity index (χ4n) is 2.87. The third-order valence-electron chi connectivity index (χ3n) is 4.28. The number of halogens is 2. The zero-order valence-electron chi connectivity index (χ0n) is 13.4. The topological polar surface area (TPSA) is 15.6 Å². The minimum atomic E-state index is -0.155. The molecule has 0 radical (unpaired) electrons. The second kappa shape index (κ2) is 6.99. The molecule has 120 valence electrons. The van der Waals surface area contributed by atoms with Gasteiger partial charge in [0.2, 0.25) is 0 Å². The molecule has 23 heavy (non-hydrogen) atoms. The fourth-order valence-corrected chi connectivity index (χ4v) is 3.21. The van der Waals surface area contributed by atoms with Crippen LogP contribution in [0.5, 0.6) is 0 Å². The lowest BCUT2D eigenvalue weighted by Crippen LogP contribution is -2.19. The van der Waals surface area contributed by atoms with Crippen molar-refractivity contribution < 1.29 is 4.39 Å². The first-order valence-corrected chi connectivity index (χ1v) is 8.98. The van der Waals surface area contributed by atoms with Crippen LogP contribution in [-0.2, 0) is 0 Å². The van der Waals surface area contributed by atoms with Crippen molar-refractivity contribution in [2.45, 2.75) is 26.7 Å². The SMILES string of the molecule is Cc1cc(N=Cc2cc(F)c(N3CCCC3)cc2C)ccc1I. The highest BCUT2D eigenvalue weighted by atomic mass is 127. The van der Waals surface area contributed by atoms with Gasteiger partial charge < -0.3 is 4.90 Å². The summed E-state index contributed by atoms with van der Waals surface area (Å²) >= 11 is 2.31. The van der Waals surface area contributed by atoms with E-state index >= 15 is 0 Å². The lowest BCUT2D eigenvalue weighted by Gasteiger charge is -2.19. The molecule has 0 aliphatic carbocycles. The van der Waals surface area contributed by atoms with Crippen molar-refractivity contribution in [3.05, 3.63) is 56.4 Å². The second-order valence-electron chi connectivity index (χ2n) is 6.05. The summed E-state index contributed by atoms with van der Waals surface area (Å²) in [6, 6.07) is 9.62. The summed E-state index contributed by atoms with van der Waals surface area (Å²) in [5.41, 5.74) is 4.71. The predicted molar refractivity (Wildman–Crippen MR) is 104 cm³/mol. The summed E-state index contributed by atoms with van der Waals surface area (Å²) in [5, 5.41) is 0. The van der Waals surface area contributed by atoms with Crippen molar-refractivity contribution in [1.82, 2.24) is 0 Å². The van der Waals surface area contributed by atoms with Crippen molar-refractivity contribution in [3.8, 4) is 0 Å². The van der Waals surface area contributed by atoms with Crippen LogP contribution >= 0.6 is 22.6 Å². The molecule has 0 spiro atoms. The van der Waals surface area contributed by atoms with Gasteiger partial charge in [-0.15, -0.1) is 0 Å². The number of nitrogens with zero attached hydrogens (tertiary/aromatic N) is 2. The van der Waals surface area contributed by atoms with E-state index in [-0.39, 0.29) is 5.82 Å². The van der Waals surface area contributed by atoms with Crippen LogP contribution in [0, 0.1) is 23.2 Å². The van der Waals surface area contributed by atoms with E-state index in [1.165, 1.54) is 9.13 Å². The highest BCUT2D eigenvalue weighted by molar-refractivity contribution is 14.1. The average molecular weight is 422 g/mol. The standard InChI is InChI=1S/C19H20FIN2/c1-13-10-19(23-7-3-4-8-23)17(20)11-15(13)12-22-16-5-6-18(21)14(2)9-16/h5-6,9-12H,3-4,7-8H2,1-2H3. The van der Waals surface area contributed by atoms with Gasteiger partial charge in [-0.1, -0.05) is 0 Å². The Morgan fingerprint density at radius 3 is 2.52 bits per heavy atom. The summed E-state index contributed by atoms with van der Waals surface area (Å²) in [6.07, 6.45) is 4.05. The molecule has 3 rings (SSSR count). The molecule has 1 saturated heterocycles. The number of anilines is 1. The molecule has 1 heterocycles. The summed E-state index contributed by atoms with van der Waals surface area (Å²) in [4.78, 5) is 6.63. The lowest BCUT2D eigenvalue weighted by molar-refractivity contribution is 0.622. The predicted octanol–water partition coefficient (Wildman–Crippen LogP) is 5.40. The normalized spacial score (nSPS) is 14.9. The maximum Gasteiger partial charge on any atom is 0.147 e. The first-order chi connectivity index (χ1) is 11.0. The van der Waals surface area contributed by atoms with Crippen LogP contribution in [0.15, 0.2) is 35.3 Å². The Morgan fingerprint density at radius 1 is 1.09 bits per heavy atom. The van der Waals surface area contributed by atoms with Crippen LogP contribution in [0.4, 0.5) is 15.8 Å². The largest absolute Gasteiger partial charge is 0.369 e. The van der Waals surface area contributed by atoms with E-state index in [4.69, 9.17) is 0 Å². The Kier molecular flexibility index (Phi) is 4.99. The quantitative estimate of drug-likeness (QED) is 0.478. The van der Waals surface area contributed by atoms with Crippen LogP contribution in [0.25, 0.3) is 0 Å². The van der Waals surface area contributed by atoms with Crippen molar-refractivity contribution in [1.29, 1.82) is 0 Å². The highest BCUT2D eigenvalue weighted by Gasteiger charge is 2.17. The Morgan fingerprint density at radius 2 is 1.83 bits per heavy atom. The third-order valence-corrected chi connectivity index (χ3v) is 5.49. The van der Waals surface area contributed by atoms with Crippen molar-refractivity contribution >= 4 is 40.2 Å². The van der Waals surface area contributed by atoms with Gasteiger partial charge in [-0.05, 0) is 96.3 Å². The molecular formula is C19H20FIN2. The zero-order valence-corrected chi connectivity index (χ0v) is 15.6. The molecule has 2 nitrogen and oxygen atoms in total. The molecule has 2 aromatic rings. The molecule has 1 fully saturated rings. The monoisotopic (exact) mass is 422 g/mol. The Balaban J connectivity index is 1.86. The Labute approximate surface area is 150 Å². The molecule has 0 unspecified atom stereocenters. The van der Waals surface area contributed by atoms with Gasteiger partial charge in [-0.3, -0.25) is 4.99 Å². The van der Waals surface area contributed by atoms with Crippen molar-refractivity contribution in [2.24, 2.45) is 4.99 Å². The summed E-state index contributed by atoms with van der Waals surface area (Å²) in [7, 11) is 0. The molecule has 0 amide bonds. The van der Waals surface area contributed by atoms with Crippen molar-refractivity contribution in [2.75, 3.05) is 18.0 Å². The molecule has 1 aliphatic rings. The van der Waals surface area contributed by atoms with Gasteiger partial charge in [-0.2, -0.15) is 0 Å². The summed E-state index contributed by atoms with van der Waals surface area (Å²) in [5.74, 6) is -0.155. The third kappa shape index (κ3) is 3.74. The lowest BCUT2D eigenvalue weighted by atomic mass is 10.1. The van der Waals surface area contributed by atoms with Crippen LogP contribution in [0.1, 0.15) is 29.5 Å². The smallest absolute Gasteiger partial charge is 0.147 e. The van der Waals surface area contributed by atoms with Crippen LogP contribution in [0.3, 0.4) is 0 Å². The van der Waals surface area contributed by atoms with Gasteiger partial charge in [0.05, 0.1) is 11.4 Å². The summed E-state index contributed by atoms with van der Waals surface area (Å²) in [6.45, 7) is 5.98. The maximum absolute atomic E-state index is 14.4. The van der Waals surface area contributed by atoms with Crippen LogP contribution < -0.4 is 4.90 Å². The second-order valence-corrected chi connectivity index (χ2v) is 7.21. The maximum atomic E-state index is 14.4. The van der Waals surface area contributed by atoms with Gasteiger partial charge in [0.15, 0.2) is 0 Å².